The van der Waals surface area contributed by atoms with Gasteiger partial charge in [-0.1, -0.05) is 166 Å². The smallest absolute Gasteiger partial charge is 0.0541 e. The van der Waals surface area contributed by atoms with E-state index in [0.29, 0.717) is 0 Å². The third-order valence-corrected chi connectivity index (χ3v) is 12.5. The Hall–Kier alpha value is -6.70. The summed E-state index contributed by atoms with van der Waals surface area (Å²) in [6.07, 6.45) is 0. The van der Waals surface area contributed by atoms with Crippen LogP contribution in [0.15, 0.2) is 176 Å². The van der Waals surface area contributed by atoms with Gasteiger partial charge in [0.1, 0.15) is 0 Å². The number of rotatable bonds is 3. The average Bonchev–Trinajstić information content (AvgIpc) is 3.74. The van der Waals surface area contributed by atoms with Crippen LogP contribution in [-0.2, 0) is 5.41 Å². The molecule has 1 heteroatoms. The van der Waals surface area contributed by atoms with Crippen LogP contribution in [0.25, 0.3) is 105 Å². The molecule has 0 bridgehead atoms. The highest BCUT2D eigenvalue weighted by Crippen LogP contribution is 2.61. The first-order chi connectivity index (χ1) is 26.6. The quantitative estimate of drug-likeness (QED) is 0.174. The number of para-hydroxylation sites is 2. The Morgan fingerprint density at radius 2 is 0.815 bits per heavy atom. The molecular weight excluding hydrogens is 651 g/mol. The fourth-order valence-corrected chi connectivity index (χ4v) is 10.2. The zero-order chi connectivity index (χ0) is 35.7. The summed E-state index contributed by atoms with van der Waals surface area (Å²) in [4.78, 5) is 0. The van der Waals surface area contributed by atoms with E-state index >= 15 is 0 Å². The molecule has 12 rings (SSSR count). The van der Waals surface area contributed by atoms with Crippen molar-refractivity contribution >= 4 is 43.4 Å². The summed E-state index contributed by atoms with van der Waals surface area (Å²) in [6, 6.07) is 65.6. The van der Waals surface area contributed by atoms with E-state index in [-0.39, 0.29) is 5.41 Å². The lowest BCUT2D eigenvalue weighted by Crippen LogP contribution is -2.24. The Labute approximate surface area is 314 Å². The number of fused-ring (bicyclic) bond motifs is 9. The van der Waals surface area contributed by atoms with Crippen molar-refractivity contribution in [1.29, 1.82) is 0 Å². The van der Waals surface area contributed by atoms with Crippen LogP contribution in [0.4, 0.5) is 0 Å². The van der Waals surface area contributed by atoms with E-state index in [1.807, 2.05) is 0 Å². The zero-order valence-electron chi connectivity index (χ0n) is 30.2. The molecule has 252 valence electrons. The molecule has 0 fully saturated rings. The molecule has 1 aromatic heterocycles. The first kappa shape index (κ1) is 29.8. The van der Waals surface area contributed by atoms with E-state index in [2.05, 4.69) is 194 Å². The Morgan fingerprint density at radius 3 is 1.39 bits per heavy atom. The molecule has 0 atom stereocenters. The molecule has 9 aromatic carbocycles. The highest BCUT2D eigenvalue weighted by atomic mass is 15.0. The van der Waals surface area contributed by atoms with Crippen LogP contribution in [0.1, 0.15) is 25.0 Å². The second-order valence-corrected chi connectivity index (χ2v) is 15.6. The van der Waals surface area contributed by atoms with Crippen molar-refractivity contribution in [1.82, 2.24) is 4.57 Å². The number of aromatic nitrogens is 1. The topological polar surface area (TPSA) is 4.93 Å². The van der Waals surface area contributed by atoms with Gasteiger partial charge in [0.25, 0.3) is 0 Å². The molecule has 0 saturated carbocycles. The van der Waals surface area contributed by atoms with Gasteiger partial charge in [0, 0.05) is 21.9 Å². The normalized spacial score (nSPS) is 13.5. The van der Waals surface area contributed by atoms with E-state index in [1.165, 1.54) is 116 Å². The Kier molecular flexibility index (Phi) is 5.90. The zero-order valence-corrected chi connectivity index (χ0v) is 30.2. The minimum atomic E-state index is -0.224. The summed E-state index contributed by atoms with van der Waals surface area (Å²) in [6.45, 7) is 4.85. The van der Waals surface area contributed by atoms with Crippen molar-refractivity contribution in [2.24, 2.45) is 0 Å². The lowest BCUT2D eigenvalue weighted by molar-refractivity contribution is 0.645. The second-order valence-electron chi connectivity index (χ2n) is 15.6. The van der Waals surface area contributed by atoms with Crippen LogP contribution >= 0.6 is 0 Å². The third kappa shape index (κ3) is 3.78. The van der Waals surface area contributed by atoms with Crippen LogP contribution < -0.4 is 0 Å². The molecule has 2 aliphatic carbocycles. The predicted octanol–water partition coefficient (Wildman–Crippen LogP) is 14.4. The molecule has 0 radical (unpaired) electrons. The molecule has 1 heterocycles. The molecule has 0 amide bonds. The summed E-state index contributed by atoms with van der Waals surface area (Å²) in [7, 11) is 0. The van der Waals surface area contributed by atoms with Gasteiger partial charge in [0.15, 0.2) is 0 Å². The molecule has 1 nitrogen and oxygen atoms in total. The molecule has 10 aromatic rings. The molecule has 0 saturated heterocycles. The third-order valence-electron chi connectivity index (χ3n) is 12.5. The maximum atomic E-state index is 2.47. The molecule has 0 N–H and O–H groups in total. The first-order valence-electron chi connectivity index (χ1n) is 19.0. The Balaban J connectivity index is 1.17. The summed E-state index contributed by atoms with van der Waals surface area (Å²) in [5, 5.41) is 7.94. The molecule has 2 aliphatic rings. The molecule has 0 spiro atoms. The van der Waals surface area contributed by atoms with E-state index < -0.39 is 0 Å². The van der Waals surface area contributed by atoms with Crippen molar-refractivity contribution in [3.8, 4) is 61.3 Å². The molecular formula is C53H35N. The van der Waals surface area contributed by atoms with Gasteiger partial charge in [-0.2, -0.15) is 0 Å². The molecule has 0 aliphatic heterocycles. The largest absolute Gasteiger partial charge is 0.309 e. The van der Waals surface area contributed by atoms with Gasteiger partial charge >= 0.3 is 0 Å². The fraction of sp³-hybridized carbons (Fsp3) is 0.0566. The highest BCUT2D eigenvalue weighted by Gasteiger charge is 2.38. The lowest BCUT2D eigenvalue weighted by atomic mass is 9.68. The number of benzene rings is 9. The van der Waals surface area contributed by atoms with Crippen molar-refractivity contribution in [3.05, 3.63) is 187 Å². The van der Waals surface area contributed by atoms with E-state index in [0.717, 1.165) is 0 Å². The predicted molar refractivity (Wildman–Crippen MR) is 229 cm³/mol. The van der Waals surface area contributed by atoms with Crippen LogP contribution in [0, 0.1) is 0 Å². The summed E-state index contributed by atoms with van der Waals surface area (Å²) >= 11 is 0. The molecule has 0 unspecified atom stereocenters. The maximum Gasteiger partial charge on any atom is 0.0541 e. The fourth-order valence-electron chi connectivity index (χ4n) is 10.2. The van der Waals surface area contributed by atoms with E-state index in [4.69, 9.17) is 0 Å². The maximum absolute atomic E-state index is 2.47. The van der Waals surface area contributed by atoms with Gasteiger partial charge in [0.05, 0.1) is 11.0 Å². The van der Waals surface area contributed by atoms with Gasteiger partial charge in [0.2, 0.25) is 0 Å². The number of nitrogens with zero attached hydrogens (tertiary/aromatic N) is 1. The first-order valence-corrected chi connectivity index (χ1v) is 19.0. The highest BCUT2D eigenvalue weighted by molar-refractivity contribution is 6.29. The van der Waals surface area contributed by atoms with Crippen molar-refractivity contribution in [2.45, 2.75) is 19.3 Å². The van der Waals surface area contributed by atoms with Gasteiger partial charge in [-0.25, -0.2) is 0 Å². The standard InChI is InChI=1S/C53H35N/c1-53(2)43-30-29-42-49-41(51-47(32-15-5-3-6-16-32)38-21-9-10-22-39(38)48(52(42)51)33-17-7-4-8-18-33)28-27-40(50(43)49)35-26-25-34(31-44(35)53)54-45-23-13-11-19-36(45)37-20-12-14-24-46(37)54/h3-31H,1-2H3. The average molecular weight is 686 g/mol. The number of hydrogen-bond acceptors (Lipinski definition) is 0. The Bertz CT molecular complexity index is 3070. The van der Waals surface area contributed by atoms with Crippen molar-refractivity contribution in [2.75, 3.05) is 0 Å². The van der Waals surface area contributed by atoms with Crippen LogP contribution in [-0.4, -0.2) is 4.57 Å². The summed E-state index contributed by atoms with van der Waals surface area (Å²) < 4.78 is 2.45. The van der Waals surface area contributed by atoms with Gasteiger partial charge in [-0.05, 0) is 113 Å². The van der Waals surface area contributed by atoms with Crippen LogP contribution in [0.3, 0.4) is 0 Å². The van der Waals surface area contributed by atoms with Crippen molar-refractivity contribution < 1.29 is 0 Å². The second kappa shape index (κ2) is 10.7. The van der Waals surface area contributed by atoms with Crippen LogP contribution in [0.2, 0.25) is 0 Å². The van der Waals surface area contributed by atoms with E-state index in [9.17, 15) is 0 Å². The monoisotopic (exact) mass is 685 g/mol. The summed E-state index contributed by atoms with van der Waals surface area (Å²) in [5.41, 5.74) is 19.4. The molecule has 54 heavy (non-hydrogen) atoms. The van der Waals surface area contributed by atoms with Gasteiger partial charge < -0.3 is 4.57 Å². The van der Waals surface area contributed by atoms with Crippen LogP contribution in [0.5, 0.6) is 0 Å². The minimum absolute atomic E-state index is 0.224. The SMILES string of the molecule is CC1(C)c2cc(-n3c4ccccc4c4ccccc43)ccc2-c2ccc3c4c(ccc1c24)-c1c-3c(-c2ccccc2)c2ccccc2c1-c1ccccc1. The van der Waals surface area contributed by atoms with Gasteiger partial charge in [-0.15, -0.1) is 0 Å². The minimum Gasteiger partial charge on any atom is -0.309 e. The van der Waals surface area contributed by atoms with Gasteiger partial charge in [-0.3, -0.25) is 0 Å². The Morgan fingerprint density at radius 1 is 0.352 bits per heavy atom. The summed E-state index contributed by atoms with van der Waals surface area (Å²) in [5.74, 6) is 0. The number of hydrogen-bond donors (Lipinski definition) is 0. The van der Waals surface area contributed by atoms with E-state index in [1.54, 1.807) is 0 Å². The van der Waals surface area contributed by atoms with Crippen molar-refractivity contribution in [3.63, 3.8) is 0 Å². The lowest BCUT2D eigenvalue weighted by Gasteiger charge is -2.36.